The number of ether oxygens (including phenoxy) is 1. The average Bonchev–Trinajstić information content (AvgIpc) is 3.51. The zero-order valence-corrected chi connectivity index (χ0v) is 28.4. The Balaban J connectivity index is 1.23. The Hall–Kier alpha value is -4.35. The molecule has 2 fully saturated rings. The number of pyridine rings is 3. The van der Waals surface area contributed by atoms with Crippen LogP contribution in [0.5, 0.6) is 5.88 Å². The SMILES string of the molecule is COc1nc(C2(c3cc4ncc(CN5CC(C(=O)O)C5)cc4cn3)C=CC=C(c3ccccc3Cl)C2Cl)ccc1CNCC1CCC(=O)N1. The number of aliphatic carboxylic acids is 1. The summed E-state index contributed by atoms with van der Waals surface area (Å²) >= 11 is 14.3. The Morgan fingerprint density at radius 3 is 2.73 bits per heavy atom. The van der Waals surface area contributed by atoms with Crippen LogP contribution < -0.4 is 15.4 Å². The monoisotopic (exact) mass is 698 g/mol. The van der Waals surface area contributed by atoms with Crippen molar-refractivity contribution in [3.63, 3.8) is 0 Å². The van der Waals surface area contributed by atoms with Gasteiger partial charge in [-0.3, -0.25) is 24.5 Å². The molecule has 0 bridgehead atoms. The minimum atomic E-state index is -1.02. The van der Waals surface area contributed by atoms with Gasteiger partial charge in [-0.25, -0.2) is 4.98 Å². The van der Waals surface area contributed by atoms with Crippen LogP contribution in [0.2, 0.25) is 5.02 Å². The highest BCUT2D eigenvalue weighted by molar-refractivity contribution is 6.34. The molecule has 12 heteroatoms. The number of halogens is 2. The summed E-state index contributed by atoms with van der Waals surface area (Å²) in [5.74, 6) is -0.522. The highest BCUT2D eigenvalue weighted by Crippen LogP contribution is 2.48. The van der Waals surface area contributed by atoms with Gasteiger partial charge in [0.25, 0.3) is 0 Å². The van der Waals surface area contributed by atoms with Crippen molar-refractivity contribution in [3.05, 3.63) is 112 Å². The van der Waals surface area contributed by atoms with Crippen LogP contribution in [0.25, 0.3) is 16.5 Å². The van der Waals surface area contributed by atoms with E-state index >= 15 is 0 Å². The summed E-state index contributed by atoms with van der Waals surface area (Å²) in [5.41, 5.74) is 4.56. The van der Waals surface area contributed by atoms with E-state index in [-0.39, 0.29) is 17.9 Å². The van der Waals surface area contributed by atoms with Crippen LogP contribution in [0.3, 0.4) is 0 Å². The molecular formula is C37H36Cl2N6O4. The van der Waals surface area contributed by atoms with Gasteiger partial charge in [-0.05, 0) is 47.4 Å². The van der Waals surface area contributed by atoms with Gasteiger partial charge in [0, 0.05) is 73.6 Å². The molecule has 1 aromatic carbocycles. The fourth-order valence-electron chi connectivity index (χ4n) is 6.92. The second kappa shape index (κ2) is 13.9. The van der Waals surface area contributed by atoms with Crippen molar-refractivity contribution in [1.29, 1.82) is 0 Å². The number of carbonyl (C=O) groups is 2. The number of carbonyl (C=O) groups excluding carboxylic acids is 1. The first-order valence-electron chi connectivity index (χ1n) is 16.3. The maximum atomic E-state index is 11.6. The normalized spacial score (nSPS) is 22.5. The van der Waals surface area contributed by atoms with E-state index in [2.05, 4.69) is 15.5 Å². The van der Waals surface area contributed by atoms with E-state index in [4.69, 9.17) is 42.9 Å². The van der Waals surface area contributed by atoms with Gasteiger partial charge in [0.15, 0.2) is 0 Å². The summed E-state index contributed by atoms with van der Waals surface area (Å²) in [6, 6.07) is 15.7. The number of nitrogens with one attached hydrogen (secondary N) is 2. The number of alkyl halides is 1. The summed E-state index contributed by atoms with van der Waals surface area (Å²) in [5, 5.41) is 16.4. The van der Waals surface area contributed by atoms with Crippen molar-refractivity contribution in [2.24, 2.45) is 5.92 Å². The Morgan fingerprint density at radius 1 is 1.14 bits per heavy atom. The quantitative estimate of drug-likeness (QED) is 0.183. The van der Waals surface area contributed by atoms with Gasteiger partial charge in [-0.2, -0.15) is 0 Å². The molecule has 2 aliphatic heterocycles. The van der Waals surface area contributed by atoms with E-state index < -0.39 is 16.8 Å². The molecule has 0 radical (unpaired) electrons. The number of hydrogen-bond acceptors (Lipinski definition) is 8. The molecule has 1 aliphatic carbocycles. The van der Waals surface area contributed by atoms with Gasteiger partial charge in [0.05, 0.1) is 40.7 Å². The molecular weight excluding hydrogens is 663 g/mol. The predicted molar refractivity (Wildman–Crippen MR) is 189 cm³/mol. The Labute approximate surface area is 294 Å². The van der Waals surface area contributed by atoms with E-state index in [9.17, 15) is 14.7 Å². The largest absolute Gasteiger partial charge is 0.481 e. The predicted octanol–water partition coefficient (Wildman–Crippen LogP) is 5.12. The average molecular weight is 700 g/mol. The molecule has 10 nitrogen and oxygen atoms in total. The van der Waals surface area contributed by atoms with Crippen LogP contribution in [0, 0.1) is 5.92 Å². The first-order chi connectivity index (χ1) is 23.7. The third kappa shape index (κ3) is 6.53. The number of amides is 1. The molecule has 5 heterocycles. The minimum absolute atomic E-state index is 0.0855. The third-order valence-electron chi connectivity index (χ3n) is 9.60. The molecule has 3 N–H and O–H groups in total. The number of fused-ring (bicyclic) bond motifs is 1. The van der Waals surface area contributed by atoms with Gasteiger partial charge in [0.1, 0.15) is 0 Å². The molecule has 49 heavy (non-hydrogen) atoms. The van der Waals surface area contributed by atoms with E-state index in [1.54, 1.807) is 13.3 Å². The van der Waals surface area contributed by atoms with Gasteiger partial charge in [-0.1, -0.05) is 54.1 Å². The fourth-order valence-corrected chi connectivity index (χ4v) is 7.65. The number of carboxylic acid groups (broad SMARTS) is 1. The fraction of sp³-hybridized carbons (Fsp3) is 0.324. The van der Waals surface area contributed by atoms with Gasteiger partial charge < -0.3 is 20.5 Å². The zero-order valence-electron chi connectivity index (χ0n) is 26.9. The lowest BCUT2D eigenvalue weighted by Crippen LogP contribution is -2.49. The van der Waals surface area contributed by atoms with Crippen LogP contribution in [-0.4, -0.2) is 75.0 Å². The Bertz CT molecular complexity index is 1980. The molecule has 0 spiro atoms. The Kier molecular flexibility index (Phi) is 9.39. The zero-order chi connectivity index (χ0) is 34.1. The van der Waals surface area contributed by atoms with Crippen LogP contribution >= 0.6 is 23.2 Å². The van der Waals surface area contributed by atoms with Gasteiger partial charge in [0.2, 0.25) is 11.8 Å². The molecule has 3 aromatic heterocycles. The lowest BCUT2D eigenvalue weighted by atomic mass is 9.70. The number of hydrogen-bond donors (Lipinski definition) is 3. The van der Waals surface area contributed by atoms with Gasteiger partial charge >= 0.3 is 5.97 Å². The molecule has 252 valence electrons. The van der Waals surface area contributed by atoms with E-state index in [1.807, 2.05) is 73.0 Å². The van der Waals surface area contributed by atoms with E-state index in [1.165, 1.54) is 0 Å². The summed E-state index contributed by atoms with van der Waals surface area (Å²) in [6.07, 6.45) is 11.0. The lowest BCUT2D eigenvalue weighted by Gasteiger charge is -2.38. The van der Waals surface area contributed by atoms with Crippen molar-refractivity contribution in [2.45, 2.75) is 42.8 Å². The molecule has 1 amide bonds. The molecule has 0 saturated carbocycles. The standard InChI is InChI=1S/C37H36Cl2N6O4/c1-49-35-23(16-40-18-26-9-11-33(46)43-26)8-10-31(44-35)37(12-4-6-28(34(37)39)27-5-2-3-7-29(27)38)32-14-30-24(17-42-32)13-22(15-41-30)19-45-20-25(21-45)36(47)48/h2-8,10,12-15,17,25-26,34,40H,9,11,16,18-21H2,1H3,(H,43,46)(H,47,48). The molecule has 3 aliphatic rings. The molecule has 7 rings (SSSR count). The van der Waals surface area contributed by atoms with E-state index in [0.717, 1.165) is 39.6 Å². The van der Waals surface area contributed by atoms with Crippen LogP contribution in [-0.2, 0) is 28.1 Å². The summed E-state index contributed by atoms with van der Waals surface area (Å²) in [7, 11) is 1.60. The van der Waals surface area contributed by atoms with Crippen LogP contribution in [0.4, 0.5) is 0 Å². The molecule has 3 unspecified atom stereocenters. The number of allylic oxidation sites excluding steroid dienone is 4. The second-order valence-corrected chi connectivity index (χ2v) is 13.7. The van der Waals surface area contributed by atoms with E-state index in [0.29, 0.717) is 61.4 Å². The number of likely N-dealkylation sites (tertiary alicyclic amines) is 1. The first kappa shape index (κ1) is 33.2. The number of carboxylic acids is 1. The lowest BCUT2D eigenvalue weighted by molar-refractivity contribution is -0.147. The van der Waals surface area contributed by atoms with Crippen molar-refractivity contribution in [3.8, 4) is 5.88 Å². The Morgan fingerprint density at radius 2 is 1.98 bits per heavy atom. The van der Waals surface area contributed by atoms with Crippen molar-refractivity contribution >= 4 is 51.6 Å². The molecule has 2 saturated heterocycles. The van der Waals surface area contributed by atoms with Crippen LogP contribution in [0.15, 0.2) is 79.2 Å². The highest BCUT2D eigenvalue weighted by Gasteiger charge is 2.46. The van der Waals surface area contributed by atoms with Crippen molar-refractivity contribution < 1.29 is 19.4 Å². The smallest absolute Gasteiger partial charge is 0.309 e. The summed E-state index contributed by atoms with van der Waals surface area (Å²) in [6.45, 7) is 2.84. The summed E-state index contributed by atoms with van der Waals surface area (Å²) in [4.78, 5) is 39.8. The topological polar surface area (TPSA) is 130 Å². The first-order valence-corrected chi connectivity index (χ1v) is 17.1. The number of benzene rings is 1. The van der Waals surface area contributed by atoms with Crippen molar-refractivity contribution in [2.75, 3.05) is 26.7 Å². The van der Waals surface area contributed by atoms with Crippen molar-refractivity contribution in [1.82, 2.24) is 30.5 Å². The summed E-state index contributed by atoms with van der Waals surface area (Å²) < 4.78 is 5.82. The molecule has 3 atom stereocenters. The molecule has 4 aromatic rings. The second-order valence-electron chi connectivity index (χ2n) is 12.8. The number of rotatable bonds is 11. The highest BCUT2D eigenvalue weighted by atomic mass is 35.5. The van der Waals surface area contributed by atoms with Crippen LogP contribution in [0.1, 0.15) is 40.9 Å². The number of aromatic nitrogens is 3. The minimum Gasteiger partial charge on any atom is -0.481 e. The number of methoxy groups -OCH3 is 1. The maximum absolute atomic E-state index is 11.6. The van der Waals surface area contributed by atoms with Gasteiger partial charge in [-0.15, -0.1) is 11.6 Å². The number of nitrogens with zero attached hydrogens (tertiary/aromatic N) is 4. The third-order valence-corrected chi connectivity index (χ3v) is 10.5. The maximum Gasteiger partial charge on any atom is 0.309 e.